The van der Waals surface area contributed by atoms with Gasteiger partial charge in [0.05, 0.1) is 20.3 Å². The van der Waals surface area contributed by atoms with E-state index < -0.39 is 5.97 Å². The predicted octanol–water partition coefficient (Wildman–Crippen LogP) is 2.03. The number of rotatable bonds is 7. The zero-order valence-corrected chi connectivity index (χ0v) is 12.0. The molecule has 0 unspecified atom stereocenters. The highest BCUT2D eigenvalue weighted by molar-refractivity contribution is 5.85. The van der Waals surface area contributed by atoms with Crippen LogP contribution in [0.3, 0.4) is 0 Å². The average Bonchev–Trinajstić information content (AvgIpc) is 2.46. The number of carboxylic acid groups (broad SMARTS) is 1. The number of allylic oxidation sites excluding steroid dienone is 1. The summed E-state index contributed by atoms with van der Waals surface area (Å²) in [5.74, 6) is -0.864. The fourth-order valence-corrected chi connectivity index (χ4v) is 1.57. The summed E-state index contributed by atoms with van der Waals surface area (Å²) >= 11 is 0. The second-order valence-electron chi connectivity index (χ2n) is 3.78. The molecule has 0 aromatic carbocycles. The van der Waals surface area contributed by atoms with Crippen molar-refractivity contribution in [2.75, 3.05) is 14.2 Å². The van der Waals surface area contributed by atoms with Crippen LogP contribution >= 0.6 is 0 Å². The third-order valence-corrected chi connectivity index (χ3v) is 2.64. The standard InChI is InChI=1S/C13H18N2O5/c1-5-8(6-2)11(12(16)17)20-13-14-9(18-3)7-10(15-13)19-4/h7H,5-6H2,1-4H3,(H,16,17). The van der Waals surface area contributed by atoms with E-state index in [0.717, 1.165) is 0 Å². The molecule has 7 heteroatoms. The fraction of sp³-hybridized carbons (Fsp3) is 0.462. The minimum absolute atomic E-state index is 0.127. The average molecular weight is 282 g/mol. The molecule has 1 rings (SSSR count). The predicted molar refractivity (Wildman–Crippen MR) is 71.0 cm³/mol. The van der Waals surface area contributed by atoms with Crippen LogP contribution in [-0.4, -0.2) is 35.3 Å². The topological polar surface area (TPSA) is 90.8 Å². The number of hydrogen-bond donors (Lipinski definition) is 1. The van der Waals surface area contributed by atoms with Gasteiger partial charge in [0.1, 0.15) is 0 Å². The summed E-state index contributed by atoms with van der Waals surface area (Å²) in [5.41, 5.74) is 0.669. The van der Waals surface area contributed by atoms with Crippen LogP contribution in [0.5, 0.6) is 17.8 Å². The van der Waals surface area contributed by atoms with Crippen LogP contribution in [0, 0.1) is 0 Å². The lowest BCUT2D eigenvalue weighted by atomic mass is 10.1. The van der Waals surface area contributed by atoms with Crippen molar-refractivity contribution in [1.82, 2.24) is 9.97 Å². The van der Waals surface area contributed by atoms with Crippen molar-refractivity contribution < 1.29 is 24.1 Å². The lowest BCUT2D eigenvalue weighted by Gasteiger charge is -2.11. The SMILES string of the molecule is CCC(CC)=C(Oc1nc(OC)cc(OC)n1)C(=O)O. The van der Waals surface area contributed by atoms with Crippen molar-refractivity contribution in [2.24, 2.45) is 0 Å². The van der Waals surface area contributed by atoms with E-state index in [0.29, 0.717) is 18.4 Å². The second-order valence-corrected chi connectivity index (χ2v) is 3.78. The van der Waals surface area contributed by atoms with Crippen LogP contribution in [0.25, 0.3) is 0 Å². The molecule has 1 N–H and O–H groups in total. The van der Waals surface area contributed by atoms with E-state index >= 15 is 0 Å². The molecule has 0 fully saturated rings. The number of carboxylic acids is 1. The lowest BCUT2D eigenvalue weighted by Crippen LogP contribution is -2.13. The molecule has 0 amide bonds. The van der Waals surface area contributed by atoms with Gasteiger partial charge in [-0.2, -0.15) is 9.97 Å². The molecule has 0 radical (unpaired) electrons. The minimum atomic E-state index is -1.16. The molecule has 0 bridgehead atoms. The van der Waals surface area contributed by atoms with Gasteiger partial charge in [0, 0.05) is 0 Å². The van der Waals surface area contributed by atoms with Gasteiger partial charge in [-0.15, -0.1) is 0 Å². The van der Waals surface area contributed by atoms with Gasteiger partial charge in [-0.3, -0.25) is 0 Å². The number of aliphatic carboxylic acids is 1. The maximum absolute atomic E-state index is 11.3. The Hall–Kier alpha value is -2.31. The second kappa shape index (κ2) is 7.32. The van der Waals surface area contributed by atoms with Crippen LogP contribution in [0.15, 0.2) is 17.4 Å². The van der Waals surface area contributed by atoms with Gasteiger partial charge in [0.2, 0.25) is 17.5 Å². The molecular formula is C13H18N2O5. The van der Waals surface area contributed by atoms with Gasteiger partial charge < -0.3 is 19.3 Å². The number of methoxy groups -OCH3 is 2. The molecule has 20 heavy (non-hydrogen) atoms. The molecule has 110 valence electrons. The quantitative estimate of drug-likeness (QED) is 0.604. The van der Waals surface area contributed by atoms with Crippen LogP contribution in [-0.2, 0) is 4.79 Å². The Balaban J connectivity index is 3.17. The van der Waals surface area contributed by atoms with E-state index in [1.807, 2.05) is 13.8 Å². The summed E-state index contributed by atoms with van der Waals surface area (Å²) in [6, 6.07) is 1.34. The highest BCUT2D eigenvalue weighted by atomic mass is 16.5. The minimum Gasteiger partial charge on any atom is -0.481 e. The molecule has 1 aromatic rings. The first-order valence-corrected chi connectivity index (χ1v) is 6.15. The van der Waals surface area contributed by atoms with Crippen LogP contribution in [0.4, 0.5) is 0 Å². The maximum atomic E-state index is 11.3. The highest BCUT2D eigenvalue weighted by Gasteiger charge is 2.18. The van der Waals surface area contributed by atoms with Crippen molar-refractivity contribution in [1.29, 1.82) is 0 Å². The van der Waals surface area contributed by atoms with E-state index in [1.54, 1.807) is 0 Å². The number of hydrogen-bond acceptors (Lipinski definition) is 6. The first kappa shape index (κ1) is 15.7. The molecule has 1 aromatic heterocycles. The summed E-state index contributed by atoms with van der Waals surface area (Å²) in [7, 11) is 2.87. The molecule has 0 aliphatic carbocycles. The summed E-state index contributed by atoms with van der Waals surface area (Å²) in [6.07, 6.45) is 1.14. The van der Waals surface area contributed by atoms with Gasteiger partial charge in [0.15, 0.2) is 0 Å². The maximum Gasteiger partial charge on any atom is 0.371 e. The summed E-state index contributed by atoms with van der Waals surface area (Å²) in [4.78, 5) is 19.2. The molecule has 0 atom stereocenters. The Labute approximate surface area is 117 Å². The third kappa shape index (κ3) is 3.84. The van der Waals surface area contributed by atoms with Gasteiger partial charge in [0.25, 0.3) is 0 Å². The van der Waals surface area contributed by atoms with Gasteiger partial charge in [-0.05, 0) is 18.4 Å². The first-order valence-electron chi connectivity index (χ1n) is 6.15. The summed E-state index contributed by atoms with van der Waals surface area (Å²) in [6.45, 7) is 3.72. The van der Waals surface area contributed by atoms with E-state index in [2.05, 4.69) is 9.97 Å². The van der Waals surface area contributed by atoms with E-state index in [9.17, 15) is 9.90 Å². The zero-order valence-electron chi connectivity index (χ0n) is 12.0. The van der Waals surface area contributed by atoms with Crippen molar-refractivity contribution in [3.63, 3.8) is 0 Å². The normalized spacial score (nSPS) is 9.80. The zero-order chi connectivity index (χ0) is 15.1. The van der Waals surface area contributed by atoms with Crippen molar-refractivity contribution in [3.05, 3.63) is 17.4 Å². The summed E-state index contributed by atoms with van der Waals surface area (Å²) < 4.78 is 15.3. The van der Waals surface area contributed by atoms with Crippen LogP contribution in [0.2, 0.25) is 0 Å². The number of ether oxygens (including phenoxy) is 3. The van der Waals surface area contributed by atoms with Gasteiger partial charge in [-0.25, -0.2) is 4.79 Å². The number of carbonyl (C=O) groups is 1. The number of nitrogens with zero attached hydrogens (tertiary/aromatic N) is 2. The molecule has 0 spiro atoms. The lowest BCUT2D eigenvalue weighted by molar-refractivity contribution is -0.135. The van der Waals surface area contributed by atoms with Crippen molar-refractivity contribution in [2.45, 2.75) is 26.7 Å². The van der Waals surface area contributed by atoms with Crippen LogP contribution < -0.4 is 14.2 Å². The van der Waals surface area contributed by atoms with Crippen LogP contribution in [0.1, 0.15) is 26.7 Å². The molecule has 0 saturated carbocycles. The molecular weight excluding hydrogens is 264 g/mol. The van der Waals surface area contributed by atoms with Gasteiger partial charge in [-0.1, -0.05) is 13.8 Å². The molecule has 0 aliphatic heterocycles. The van der Waals surface area contributed by atoms with Crippen molar-refractivity contribution >= 4 is 5.97 Å². The monoisotopic (exact) mass is 282 g/mol. The van der Waals surface area contributed by atoms with Gasteiger partial charge >= 0.3 is 12.0 Å². The number of aromatic nitrogens is 2. The Bertz CT molecular complexity index is 485. The fourth-order valence-electron chi connectivity index (χ4n) is 1.57. The Morgan fingerprint density at radius 2 is 1.65 bits per heavy atom. The Kier molecular flexibility index (Phi) is 5.76. The van der Waals surface area contributed by atoms with E-state index in [-0.39, 0.29) is 23.5 Å². The largest absolute Gasteiger partial charge is 0.481 e. The molecule has 0 aliphatic rings. The molecule has 7 nitrogen and oxygen atoms in total. The van der Waals surface area contributed by atoms with E-state index in [1.165, 1.54) is 20.3 Å². The molecule has 1 heterocycles. The first-order chi connectivity index (χ1) is 9.55. The summed E-state index contributed by atoms with van der Waals surface area (Å²) in [5, 5.41) is 9.22. The third-order valence-electron chi connectivity index (χ3n) is 2.64. The Morgan fingerprint density at radius 3 is 2.00 bits per heavy atom. The smallest absolute Gasteiger partial charge is 0.371 e. The Morgan fingerprint density at radius 1 is 1.15 bits per heavy atom. The van der Waals surface area contributed by atoms with Crippen molar-refractivity contribution in [3.8, 4) is 17.8 Å². The highest BCUT2D eigenvalue weighted by Crippen LogP contribution is 2.22. The van der Waals surface area contributed by atoms with E-state index in [4.69, 9.17) is 14.2 Å². The molecule has 0 saturated heterocycles.